The van der Waals surface area contributed by atoms with Gasteiger partial charge in [0, 0.05) is 19.4 Å². The average molecular weight is 772 g/mol. The molecule has 0 fully saturated rings. The molecule has 0 aliphatic heterocycles. The predicted molar refractivity (Wildman–Crippen MR) is 220 cm³/mol. The zero-order chi connectivity index (χ0) is 38.9. The van der Waals surface area contributed by atoms with Gasteiger partial charge in [-0.2, -0.15) is 0 Å². The number of phosphoric ester groups is 1. The first-order chi connectivity index (χ1) is 25.8. The third-order valence-electron chi connectivity index (χ3n) is 9.37. The Morgan fingerprint density at radius 2 is 0.962 bits per heavy atom. The van der Waals surface area contributed by atoms with Gasteiger partial charge in [0.2, 0.25) is 0 Å². The molecule has 53 heavy (non-hydrogen) atoms. The summed E-state index contributed by atoms with van der Waals surface area (Å²) in [6, 6.07) is 0. The van der Waals surface area contributed by atoms with Crippen molar-refractivity contribution in [3.8, 4) is 0 Å². The summed E-state index contributed by atoms with van der Waals surface area (Å²) in [6.45, 7) is 3.71. The van der Waals surface area contributed by atoms with Gasteiger partial charge in [0.25, 0.3) is 0 Å². The first-order valence-corrected chi connectivity index (χ1v) is 23.3. The fourth-order valence-corrected chi connectivity index (χ4v) is 6.86. The van der Waals surface area contributed by atoms with Crippen molar-refractivity contribution in [1.29, 1.82) is 0 Å². The van der Waals surface area contributed by atoms with E-state index in [-0.39, 0.29) is 38.6 Å². The zero-order valence-corrected chi connectivity index (χ0v) is 35.2. The third-order valence-corrected chi connectivity index (χ3v) is 10.4. The number of hydrogen-bond acceptors (Lipinski definition) is 8. The van der Waals surface area contributed by atoms with Crippen LogP contribution in [0.5, 0.6) is 0 Å². The van der Waals surface area contributed by atoms with Crippen molar-refractivity contribution in [1.82, 2.24) is 0 Å². The van der Waals surface area contributed by atoms with E-state index in [4.69, 9.17) is 24.3 Å². The van der Waals surface area contributed by atoms with Gasteiger partial charge in [-0.1, -0.05) is 179 Å². The molecule has 0 bridgehead atoms. The highest BCUT2D eigenvalue weighted by Gasteiger charge is 2.26. The van der Waals surface area contributed by atoms with Gasteiger partial charge in [-0.25, -0.2) is 4.57 Å². The second-order valence-corrected chi connectivity index (χ2v) is 16.1. The van der Waals surface area contributed by atoms with Gasteiger partial charge in [0.1, 0.15) is 6.61 Å². The molecular formula is C43H82NO8P. The first-order valence-electron chi connectivity index (χ1n) is 21.8. The maximum Gasteiger partial charge on any atom is 0.472 e. The van der Waals surface area contributed by atoms with Crippen molar-refractivity contribution in [2.75, 3.05) is 26.4 Å². The number of carbonyl (C=O) groups excluding carboxylic acids is 2. The smallest absolute Gasteiger partial charge is 0.462 e. The summed E-state index contributed by atoms with van der Waals surface area (Å²) in [6.07, 6.45) is 42.0. The molecule has 1 unspecified atom stereocenters. The van der Waals surface area contributed by atoms with E-state index < -0.39 is 26.5 Å². The lowest BCUT2D eigenvalue weighted by atomic mass is 10.0. The molecule has 2 atom stereocenters. The lowest BCUT2D eigenvalue weighted by Gasteiger charge is -2.19. The van der Waals surface area contributed by atoms with Gasteiger partial charge in [-0.3, -0.25) is 18.6 Å². The number of unbranched alkanes of at least 4 members (excludes halogenated alkanes) is 25. The average Bonchev–Trinajstić information content (AvgIpc) is 3.14. The quantitative estimate of drug-likeness (QED) is 0.0269. The minimum absolute atomic E-state index is 0.0522. The number of phosphoric acid groups is 1. The van der Waals surface area contributed by atoms with Crippen LogP contribution in [0.3, 0.4) is 0 Å². The minimum Gasteiger partial charge on any atom is -0.462 e. The van der Waals surface area contributed by atoms with E-state index in [1.807, 2.05) is 0 Å². The van der Waals surface area contributed by atoms with Crippen molar-refractivity contribution in [3.63, 3.8) is 0 Å². The van der Waals surface area contributed by atoms with Crippen LogP contribution in [0.2, 0.25) is 0 Å². The Morgan fingerprint density at radius 3 is 1.42 bits per heavy atom. The van der Waals surface area contributed by atoms with E-state index in [1.165, 1.54) is 116 Å². The normalized spacial score (nSPS) is 13.5. The molecule has 9 nitrogen and oxygen atoms in total. The highest BCUT2D eigenvalue weighted by molar-refractivity contribution is 7.47. The summed E-state index contributed by atoms with van der Waals surface area (Å²) in [5, 5.41) is 0. The highest BCUT2D eigenvalue weighted by Crippen LogP contribution is 2.43. The third kappa shape index (κ3) is 40.0. The number of esters is 2. The largest absolute Gasteiger partial charge is 0.472 e. The van der Waals surface area contributed by atoms with Gasteiger partial charge in [0.15, 0.2) is 6.10 Å². The number of rotatable bonds is 41. The Bertz CT molecular complexity index is 928. The fourth-order valence-electron chi connectivity index (χ4n) is 6.10. The van der Waals surface area contributed by atoms with Crippen LogP contribution in [0.1, 0.15) is 206 Å². The van der Waals surface area contributed by atoms with Crippen molar-refractivity contribution >= 4 is 19.8 Å². The Hall–Kier alpha value is -1.51. The predicted octanol–water partition coefficient (Wildman–Crippen LogP) is 12.4. The number of allylic oxidation sites excluding steroid dienone is 4. The maximum atomic E-state index is 12.6. The zero-order valence-electron chi connectivity index (χ0n) is 34.3. The first kappa shape index (κ1) is 51.5. The maximum absolute atomic E-state index is 12.6. The van der Waals surface area contributed by atoms with Crippen LogP contribution < -0.4 is 5.73 Å². The van der Waals surface area contributed by atoms with Crippen LogP contribution in [0.25, 0.3) is 0 Å². The highest BCUT2D eigenvalue weighted by atomic mass is 31.2. The summed E-state index contributed by atoms with van der Waals surface area (Å²) in [5.41, 5.74) is 5.34. The second kappa shape index (κ2) is 40.2. The van der Waals surface area contributed by atoms with Crippen LogP contribution in [-0.2, 0) is 32.7 Å². The Balaban J connectivity index is 4.14. The molecule has 3 N–H and O–H groups in total. The van der Waals surface area contributed by atoms with Crippen LogP contribution in [-0.4, -0.2) is 49.3 Å². The van der Waals surface area contributed by atoms with Crippen molar-refractivity contribution < 1.29 is 37.6 Å². The molecule has 0 aromatic rings. The molecule has 0 amide bonds. The van der Waals surface area contributed by atoms with Crippen LogP contribution in [0.15, 0.2) is 24.3 Å². The lowest BCUT2D eigenvalue weighted by Crippen LogP contribution is -2.29. The monoisotopic (exact) mass is 772 g/mol. The molecule has 10 heteroatoms. The molecule has 0 saturated heterocycles. The topological polar surface area (TPSA) is 134 Å². The van der Waals surface area contributed by atoms with Gasteiger partial charge in [-0.05, 0) is 38.5 Å². The van der Waals surface area contributed by atoms with E-state index in [0.717, 1.165) is 57.8 Å². The lowest BCUT2D eigenvalue weighted by molar-refractivity contribution is -0.161. The molecule has 0 radical (unpaired) electrons. The molecule has 0 aliphatic carbocycles. The van der Waals surface area contributed by atoms with E-state index in [2.05, 4.69) is 38.2 Å². The standard InChI is InChI=1S/C43H82NO8P/c1-3-5-7-9-11-13-15-17-19-20-22-23-25-27-29-31-33-35-42(45)49-39-41(40-51-53(47,48)50-38-37-44)52-43(46)36-34-32-30-28-26-24-21-18-16-14-12-10-8-6-4-2/h14,16,18,21,41H,3-13,15,17,19-20,22-40,44H2,1-2H3,(H,47,48)/b16-14+,21-18+/t41-/m1/s1. The molecule has 0 aromatic heterocycles. The van der Waals surface area contributed by atoms with E-state index >= 15 is 0 Å². The minimum atomic E-state index is -4.38. The van der Waals surface area contributed by atoms with E-state index in [1.54, 1.807) is 0 Å². The summed E-state index contributed by atoms with van der Waals surface area (Å²) in [7, 11) is -4.38. The van der Waals surface area contributed by atoms with Gasteiger partial charge in [0.05, 0.1) is 13.2 Å². The van der Waals surface area contributed by atoms with Crippen molar-refractivity contribution in [2.24, 2.45) is 5.73 Å². The molecule has 312 valence electrons. The number of hydrogen-bond donors (Lipinski definition) is 2. The fraction of sp³-hybridized carbons (Fsp3) is 0.860. The SMILES string of the molecule is CCCCCC/C=C/C=C/CCCCCCCC(=O)O[C@H](COC(=O)CCCCCCCCCCCCCCCCCCC)COP(=O)(O)OCCN. The molecule has 0 saturated carbocycles. The molecule has 0 heterocycles. The van der Waals surface area contributed by atoms with Gasteiger partial charge < -0.3 is 20.1 Å². The van der Waals surface area contributed by atoms with Crippen LogP contribution in [0, 0.1) is 0 Å². The molecule has 0 aliphatic rings. The molecule has 0 spiro atoms. The summed E-state index contributed by atoms with van der Waals surface area (Å²) < 4.78 is 32.8. The van der Waals surface area contributed by atoms with Gasteiger partial charge >= 0.3 is 19.8 Å². The number of ether oxygens (including phenoxy) is 2. The van der Waals surface area contributed by atoms with Gasteiger partial charge in [-0.15, -0.1) is 0 Å². The second-order valence-electron chi connectivity index (χ2n) is 14.6. The number of carbonyl (C=O) groups is 2. The Labute approximate surface area is 325 Å². The molecule has 0 aromatic carbocycles. The van der Waals surface area contributed by atoms with Crippen LogP contribution >= 0.6 is 7.82 Å². The van der Waals surface area contributed by atoms with Crippen LogP contribution in [0.4, 0.5) is 0 Å². The van der Waals surface area contributed by atoms with Crippen molar-refractivity contribution in [2.45, 2.75) is 213 Å². The van der Waals surface area contributed by atoms with E-state index in [9.17, 15) is 19.0 Å². The number of nitrogens with two attached hydrogens (primary N) is 1. The Morgan fingerprint density at radius 1 is 0.566 bits per heavy atom. The molecular weight excluding hydrogens is 689 g/mol. The summed E-state index contributed by atoms with van der Waals surface area (Å²) >= 11 is 0. The van der Waals surface area contributed by atoms with Crippen molar-refractivity contribution in [3.05, 3.63) is 24.3 Å². The summed E-state index contributed by atoms with van der Waals surface area (Å²) in [5.74, 6) is -0.838. The van der Waals surface area contributed by atoms with E-state index in [0.29, 0.717) is 6.42 Å². The molecule has 0 rings (SSSR count). The Kier molecular flexibility index (Phi) is 39.0. The summed E-state index contributed by atoms with van der Waals surface area (Å²) in [4.78, 5) is 34.8.